The van der Waals surface area contributed by atoms with Crippen molar-refractivity contribution in [3.05, 3.63) is 65.0 Å². The van der Waals surface area contributed by atoms with E-state index in [1.807, 2.05) is 19.1 Å². The van der Waals surface area contributed by atoms with Crippen molar-refractivity contribution in [1.82, 2.24) is 4.90 Å². The van der Waals surface area contributed by atoms with E-state index in [2.05, 4.69) is 48.6 Å². The third-order valence-corrected chi connectivity index (χ3v) is 3.53. The number of aryl methyl sites for hydroxylation is 1. The van der Waals surface area contributed by atoms with Crippen molar-refractivity contribution in [1.29, 1.82) is 0 Å². The van der Waals surface area contributed by atoms with Crippen molar-refractivity contribution in [2.24, 2.45) is 0 Å². The molecule has 2 nitrogen and oxygen atoms in total. The molecule has 0 aromatic heterocycles. The molecule has 0 saturated carbocycles. The zero-order valence-electron chi connectivity index (χ0n) is 13.2. The van der Waals surface area contributed by atoms with Crippen LogP contribution >= 0.6 is 0 Å². The highest BCUT2D eigenvalue weighted by atomic mass is 19.1. The molecule has 0 aliphatic carbocycles. The van der Waals surface area contributed by atoms with Crippen molar-refractivity contribution in [3.8, 4) is 0 Å². The lowest BCUT2D eigenvalue weighted by atomic mass is 10.1. The van der Waals surface area contributed by atoms with Gasteiger partial charge in [-0.3, -0.25) is 0 Å². The summed E-state index contributed by atoms with van der Waals surface area (Å²) in [7, 11) is 4.11. The van der Waals surface area contributed by atoms with Crippen LogP contribution in [-0.2, 0) is 6.54 Å². The molecule has 1 N–H and O–H groups in total. The minimum Gasteiger partial charge on any atom is -0.379 e. The first-order valence-corrected chi connectivity index (χ1v) is 7.22. The number of rotatable bonds is 5. The molecule has 0 radical (unpaired) electrons. The summed E-state index contributed by atoms with van der Waals surface area (Å²) in [5.41, 5.74) is 3.96. The molecule has 2 rings (SSSR count). The van der Waals surface area contributed by atoms with Crippen LogP contribution in [0.4, 0.5) is 10.1 Å². The van der Waals surface area contributed by atoms with Gasteiger partial charge in [0.2, 0.25) is 0 Å². The Morgan fingerprint density at radius 2 is 1.76 bits per heavy atom. The Morgan fingerprint density at radius 1 is 1.10 bits per heavy atom. The van der Waals surface area contributed by atoms with Gasteiger partial charge in [0.05, 0.1) is 0 Å². The summed E-state index contributed by atoms with van der Waals surface area (Å²) in [6.07, 6.45) is 0. The normalized spacial score (nSPS) is 12.5. The van der Waals surface area contributed by atoms with E-state index in [1.165, 1.54) is 5.56 Å². The highest BCUT2D eigenvalue weighted by molar-refractivity contribution is 5.46. The van der Waals surface area contributed by atoms with Crippen LogP contribution in [0.25, 0.3) is 0 Å². The molecule has 0 spiro atoms. The molecule has 0 bridgehead atoms. The molecule has 21 heavy (non-hydrogen) atoms. The molecule has 0 aliphatic rings. The van der Waals surface area contributed by atoms with Crippen molar-refractivity contribution < 1.29 is 4.39 Å². The Balaban J connectivity index is 2.04. The lowest BCUT2D eigenvalue weighted by molar-refractivity contribution is 0.402. The molecule has 0 heterocycles. The second-order valence-corrected chi connectivity index (χ2v) is 5.81. The SMILES string of the molecule is Cc1ccc(C(C)Nc2ccc(CN(C)C)cc2)cc1F. The summed E-state index contributed by atoms with van der Waals surface area (Å²) in [5.74, 6) is -0.150. The fraction of sp³-hybridized carbons (Fsp3) is 0.333. The standard InChI is InChI=1S/C18H23FN2/c1-13-5-8-16(11-18(13)19)14(2)20-17-9-6-15(7-10-17)12-21(3)4/h5-11,14,20H,12H2,1-4H3. The molecule has 0 fully saturated rings. The summed E-state index contributed by atoms with van der Waals surface area (Å²) < 4.78 is 13.6. The van der Waals surface area contributed by atoms with Crippen molar-refractivity contribution in [3.63, 3.8) is 0 Å². The molecule has 0 amide bonds. The molecule has 2 aromatic rings. The van der Waals surface area contributed by atoms with Crippen LogP contribution < -0.4 is 5.32 Å². The first-order chi connectivity index (χ1) is 9.95. The Labute approximate surface area is 126 Å². The quantitative estimate of drug-likeness (QED) is 0.878. The van der Waals surface area contributed by atoms with E-state index in [-0.39, 0.29) is 11.9 Å². The van der Waals surface area contributed by atoms with Gasteiger partial charge in [-0.25, -0.2) is 4.39 Å². The molecular formula is C18H23FN2. The molecular weight excluding hydrogens is 263 g/mol. The van der Waals surface area contributed by atoms with Crippen LogP contribution in [0.2, 0.25) is 0 Å². The van der Waals surface area contributed by atoms with Gasteiger partial charge in [0, 0.05) is 18.3 Å². The van der Waals surface area contributed by atoms with Crippen LogP contribution in [0.15, 0.2) is 42.5 Å². The largest absolute Gasteiger partial charge is 0.379 e. The third kappa shape index (κ3) is 4.30. The van der Waals surface area contributed by atoms with Crippen molar-refractivity contribution in [2.45, 2.75) is 26.4 Å². The van der Waals surface area contributed by atoms with Gasteiger partial charge < -0.3 is 10.2 Å². The second-order valence-electron chi connectivity index (χ2n) is 5.81. The summed E-state index contributed by atoms with van der Waals surface area (Å²) in [5, 5.41) is 3.41. The number of nitrogens with zero attached hydrogens (tertiary/aromatic N) is 1. The van der Waals surface area contributed by atoms with Gasteiger partial charge in [0.15, 0.2) is 0 Å². The molecule has 3 heteroatoms. The van der Waals surface area contributed by atoms with E-state index in [0.29, 0.717) is 5.56 Å². The van der Waals surface area contributed by atoms with Crippen LogP contribution in [0.1, 0.15) is 29.7 Å². The highest BCUT2D eigenvalue weighted by Crippen LogP contribution is 2.21. The predicted octanol–water partition coefficient (Wildman–Crippen LogP) is 4.37. The predicted molar refractivity (Wildman–Crippen MR) is 87.0 cm³/mol. The van der Waals surface area contributed by atoms with E-state index >= 15 is 0 Å². The van der Waals surface area contributed by atoms with Crippen LogP contribution in [-0.4, -0.2) is 19.0 Å². The van der Waals surface area contributed by atoms with Crippen molar-refractivity contribution in [2.75, 3.05) is 19.4 Å². The maximum absolute atomic E-state index is 13.6. The number of halogens is 1. The third-order valence-electron chi connectivity index (χ3n) is 3.53. The molecule has 1 unspecified atom stereocenters. The highest BCUT2D eigenvalue weighted by Gasteiger charge is 2.08. The lowest BCUT2D eigenvalue weighted by Crippen LogP contribution is -2.11. The van der Waals surface area contributed by atoms with Crippen LogP contribution in [0.5, 0.6) is 0 Å². The Hall–Kier alpha value is -1.87. The Bertz CT molecular complexity index is 591. The maximum Gasteiger partial charge on any atom is 0.126 e. The topological polar surface area (TPSA) is 15.3 Å². The molecule has 0 aliphatic heterocycles. The molecule has 0 saturated heterocycles. The van der Waals surface area contributed by atoms with E-state index in [1.54, 1.807) is 13.0 Å². The van der Waals surface area contributed by atoms with Gasteiger partial charge in [0.25, 0.3) is 0 Å². The minimum absolute atomic E-state index is 0.0693. The second kappa shape index (κ2) is 6.72. The summed E-state index contributed by atoms with van der Waals surface area (Å²) in [6.45, 7) is 4.75. The fourth-order valence-corrected chi connectivity index (χ4v) is 2.28. The first-order valence-electron chi connectivity index (χ1n) is 7.22. The number of benzene rings is 2. The maximum atomic E-state index is 13.6. The monoisotopic (exact) mass is 286 g/mol. The van der Waals surface area contributed by atoms with Crippen molar-refractivity contribution >= 4 is 5.69 Å². The van der Waals surface area contributed by atoms with Gasteiger partial charge in [0.1, 0.15) is 5.82 Å². The summed E-state index contributed by atoms with van der Waals surface area (Å²) in [6, 6.07) is 13.8. The number of anilines is 1. The number of nitrogens with one attached hydrogen (secondary N) is 1. The van der Waals surface area contributed by atoms with E-state index in [4.69, 9.17) is 0 Å². The van der Waals surface area contributed by atoms with Crippen LogP contribution in [0, 0.1) is 12.7 Å². The Morgan fingerprint density at radius 3 is 2.33 bits per heavy atom. The first kappa shape index (κ1) is 15.5. The van der Waals surface area contributed by atoms with Crippen LogP contribution in [0.3, 0.4) is 0 Å². The molecule has 1 atom stereocenters. The van der Waals surface area contributed by atoms with E-state index in [0.717, 1.165) is 17.8 Å². The lowest BCUT2D eigenvalue weighted by Gasteiger charge is -2.17. The number of hydrogen-bond acceptors (Lipinski definition) is 2. The van der Waals surface area contributed by atoms with E-state index < -0.39 is 0 Å². The fourth-order valence-electron chi connectivity index (χ4n) is 2.28. The van der Waals surface area contributed by atoms with Gasteiger partial charge in [-0.1, -0.05) is 24.3 Å². The smallest absolute Gasteiger partial charge is 0.126 e. The van der Waals surface area contributed by atoms with Gasteiger partial charge in [-0.15, -0.1) is 0 Å². The Kier molecular flexibility index (Phi) is 4.97. The number of hydrogen-bond donors (Lipinski definition) is 1. The average molecular weight is 286 g/mol. The van der Waals surface area contributed by atoms with Gasteiger partial charge in [-0.05, 0) is 62.8 Å². The minimum atomic E-state index is -0.150. The summed E-state index contributed by atoms with van der Waals surface area (Å²) in [4.78, 5) is 2.14. The zero-order valence-corrected chi connectivity index (χ0v) is 13.2. The summed E-state index contributed by atoms with van der Waals surface area (Å²) >= 11 is 0. The van der Waals surface area contributed by atoms with Gasteiger partial charge in [-0.2, -0.15) is 0 Å². The van der Waals surface area contributed by atoms with Gasteiger partial charge >= 0.3 is 0 Å². The molecule has 112 valence electrons. The molecule has 2 aromatic carbocycles. The average Bonchev–Trinajstić information content (AvgIpc) is 2.43. The zero-order chi connectivity index (χ0) is 15.4. The van der Waals surface area contributed by atoms with E-state index in [9.17, 15) is 4.39 Å².